The van der Waals surface area contributed by atoms with Crippen LogP contribution in [0.25, 0.3) is 33.3 Å². The Bertz CT molecular complexity index is 1620. The summed E-state index contributed by atoms with van der Waals surface area (Å²) in [5.74, 6) is -0.254. The van der Waals surface area contributed by atoms with Crippen LogP contribution >= 0.6 is 11.6 Å². The number of benzene rings is 4. The monoisotopic (exact) mass is 493 g/mol. The highest BCUT2D eigenvalue weighted by atomic mass is 35.5. The largest absolute Gasteiger partial charge is 0.322 e. The van der Waals surface area contributed by atoms with Crippen molar-refractivity contribution in [1.82, 2.24) is 4.98 Å². The van der Waals surface area contributed by atoms with Crippen molar-refractivity contribution in [3.8, 4) is 22.4 Å². The summed E-state index contributed by atoms with van der Waals surface area (Å²) in [5, 5.41) is 15.4. The standard InChI is InChI=1S/C29H20ClN3O3/c1-18-7-11-22(16-26(18)30)31-29(34)21-10-14-27-25(15-21)24(19-5-3-2-4-6-19)17-28(32-27)20-8-12-23(13-9-20)33(35)36/h2-17H,1H3,(H,31,34). The minimum Gasteiger partial charge on any atom is -0.322 e. The zero-order chi connectivity index (χ0) is 25.2. The second-order valence-corrected chi connectivity index (χ2v) is 8.78. The lowest BCUT2D eigenvalue weighted by atomic mass is 9.97. The van der Waals surface area contributed by atoms with Crippen LogP contribution in [-0.2, 0) is 0 Å². The maximum absolute atomic E-state index is 13.0. The summed E-state index contributed by atoms with van der Waals surface area (Å²) < 4.78 is 0. The molecular formula is C29H20ClN3O3. The van der Waals surface area contributed by atoms with Crippen LogP contribution in [0.1, 0.15) is 15.9 Å². The molecule has 1 N–H and O–H groups in total. The van der Waals surface area contributed by atoms with E-state index in [1.165, 1.54) is 12.1 Å². The molecule has 0 radical (unpaired) electrons. The maximum Gasteiger partial charge on any atom is 0.269 e. The van der Waals surface area contributed by atoms with Crippen molar-refractivity contribution >= 4 is 39.8 Å². The highest BCUT2D eigenvalue weighted by molar-refractivity contribution is 6.31. The van der Waals surface area contributed by atoms with Crippen molar-refractivity contribution in [2.45, 2.75) is 6.92 Å². The predicted octanol–water partition coefficient (Wildman–Crippen LogP) is 7.69. The number of amides is 1. The number of anilines is 1. The van der Waals surface area contributed by atoms with Gasteiger partial charge >= 0.3 is 0 Å². The topological polar surface area (TPSA) is 85.1 Å². The number of nitrogens with one attached hydrogen (secondary N) is 1. The second kappa shape index (κ2) is 9.60. The molecule has 1 aromatic heterocycles. The molecule has 0 saturated carbocycles. The Kier molecular flexibility index (Phi) is 6.19. The van der Waals surface area contributed by atoms with Crippen LogP contribution in [0.15, 0.2) is 97.1 Å². The quantitative estimate of drug-likeness (QED) is 0.201. The van der Waals surface area contributed by atoms with Crippen LogP contribution in [0.2, 0.25) is 5.02 Å². The number of fused-ring (bicyclic) bond motifs is 1. The fourth-order valence-corrected chi connectivity index (χ4v) is 4.18. The number of nitro benzene ring substituents is 1. The molecule has 6 nitrogen and oxygen atoms in total. The van der Waals surface area contributed by atoms with Gasteiger partial charge in [-0.25, -0.2) is 4.98 Å². The third-order valence-electron chi connectivity index (χ3n) is 5.96. The first-order chi connectivity index (χ1) is 17.4. The molecule has 0 aliphatic rings. The van der Waals surface area contributed by atoms with Gasteiger partial charge in [0.25, 0.3) is 11.6 Å². The zero-order valence-corrected chi connectivity index (χ0v) is 20.0. The van der Waals surface area contributed by atoms with Crippen molar-refractivity contribution in [3.63, 3.8) is 0 Å². The molecule has 0 spiro atoms. The molecule has 5 aromatic rings. The van der Waals surface area contributed by atoms with E-state index in [2.05, 4.69) is 5.32 Å². The zero-order valence-electron chi connectivity index (χ0n) is 19.2. The highest BCUT2D eigenvalue weighted by Crippen LogP contribution is 2.33. The van der Waals surface area contributed by atoms with Crippen LogP contribution in [0, 0.1) is 17.0 Å². The molecule has 0 unspecified atom stereocenters. The van der Waals surface area contributed by atoms with Crippen LogP contribution < -0.4 is 5.32 Å². The Morgan fingerprint density at radius 3 is 2.33 bits per heavy atom. The molecule has 1 amide bonds. The lowest BCUT2D eigenvalue weighted by molar-refractivity contribution is -0.384. The molecule has 1 heterocycles. The lowest BCUT2D eigenvalue weighted by Crippen LogP contribution is -2.12. The number of hydrogen-bond donors (Lipinski definition) is 1. The molecule has 0 aliphatic carbocycles. The predicted molar refractivity (Wildman–Crippen MR) is 143 cm³/mol. The number of halogens is 1. The molecule has 0 aliphatic heterocycles. The molecule has 4 aromatic carbocycles. The number of nitro groups is 1. The van der Waals surface area contributed by atoms with Gasteiger partial charge < -0.3 is 5.32 Å². The number of non-ortho nitro benzene ring substituents is 1. The third kappa shape index (κ3) is 4.67. The van der Waals surface area contributed by atoms with E-state index in [0.29, 0.717) is 27.5 Å². The van der Waals surface area contributed by atoms with E-state index in [1.807, 2.05) is 67.6 Å². The average molecular weight is 494 g/mol. The molecule has 176 valence electrons. The van der Waals surface area contributed by atoms with E-state index in [1.54, 1.807) is 24.3 Å². The molecule has 0 bridgehead atoms. The number of nitrogens with zero attached hydrogens (tertiary/aromatic N) is 2. The third-order valence-corrected chi connectivity index (χ3v) is 6.37. The highest BCUT2D eigenvalue weighted by Gasteiger charge is 2.14. The van der Waals surface area contributed by atoms with E-state index < -0.39 is 4.92 Å². The summed E-state index contributed by atoms with van der Waals surface area (Å²) in [6.07, 6.45) is 0. The second-order valence-electron chi connectivity index (χ2n) is 8.38. The lowest BCUT2D eigenvalue weighted by Gasteiger charge is -2.12. The number of hydrogen-bond acceptors (Lipinski definition) is 4. The molecule has 0 atom stereocenters. The van der Waals surface area contributed by atoms with Crippen molar-refractivity contribution in [1.29, 1.82) is 0 Å². The summed E-state index contributed by atoms with van der Waals surface area (Å²) in [6.45, 7) is 1.90. The van der Waals surface area contributed by atoms with Crippen molar-refractivity contribution in [3.05, 3.63) is 123 Å². The van der Waals surface area contributed by atoms with Crippen LogP contribution in [-0.4, -0.2) is 15.8 Å². The molecule has 0 fully saturated rings. The number of carbonyl (C=O) groups is 1. The Hall–Kier alpha value is -4.55. The normalized spacial score (nSPS) is 10.8. The molecule has 0 saturated heterocycles. The van der Waals surface area contributed by atoms with E-state index >= 15 is 0 Å². The van der Waals surface area contributed by atoms with E-state index in [-0.39, 0.29) is 11.6 Å². The summed E-state index contributed by atoms with van der Waals surface area (Å²) in [7, 11) is 0. The van der Waals surface area contributed by atoms with Gasteiger partial charge in [-0.3, -0.25) is 14.9 Å². The molecule has 5 rings (SSSR count). The minimum absolute atomic E-state index is 0.0216. The Morgan fingerprint density at radius 1 is 0.889 bits per heavy atom. The Labute approximate surface area is 212 Å². The first-order valence-electron chi connectivity index (χ1n) is 11.2. The van der Waals surface area contributed by atoms with E-state index in [4.69, 9.17) is 16.6 Å². The average Bonchev–Trinajstić information content (AvgIpc) is 2.90. The smallest absolute Gasteiger partial charge is 0.269 e. The minimum atomic E-state index is -0.426. The van der Waals surface area contributed by atoms with E-state index in [9.17, 15) is 14.9 Å². The van der Waals surface area contributed by atoms with E-state index in [0.717, 1.165) is 27.6 Å². The summed E-state index contributed by atoms with van der Waals surface area (Å²) in [4.78, 5) is 28.5. The number of pyridine rings is 1. The molecule has 36 heavy (non-hydrogen) atoms. The van der Waals surface area contributed by atoms with Gasteiger partial charge in [-0.15, -0.1) is 0 Å². The fourth-order valence-electron chi connectivity index (χ4n) is 4.00. The van der Waals surface area contributed by atoms with Crippen molar-refractivity contribution in [2.75, 3.05) is 5.32 Å². The van der Waals surface area contributed by atoms with Crippen LogP contribution in [0.5, 0.6) is 0 Å². The SMILES string of the molecule is Cc1ccc(NC(=O)c2ccc3nc(-c4ccc([N+](=O)[O-])cc4)cc(-c4ccccc4)c3c2)cc1Cl. The molecular weight excluding hydrogens is 474 g/mol. The Morgan fingerprint density at radius 2 is 1.64 bits per heavy atom. The first kappa shape index (κ1) is 23.2. The summed E-state index contributed by atoms with van der Waals surface area (Å²) in [5.41, 5.74) is 6.08. The number of aromatic nitrogens is 1. The fraction of sp³-hybridized carbons (Fsp3) is 0.0345. The number of aryl methyl sites for hydroxylation is 1. The van der Waals surface area contributed by atoms with Gasteiger partial charge in [0.05, 0.1) is 16.1 Å². The summed E-state index contributed by atoms with van der Waals surface area (Å²) in [6, 6.07) is 28.9. The Balaban J connectivity index is 1.59. The van der Waals surface area contributed by atoms with Gasteiger partial charge in [-0.1, -0.05) is 48.0 Å². The van der Waals surface area contributed by atoms with Crippen LogP contribution in [0.3, 0.4) is 0 Å². The maximum atomic E-state index is 13.0. The number of rotatable bonds is 5. The van der Waals surface area contributed by atoms with Crippen molar-refractivity contribution in [2.24, 2.45) is 0 Å². The van der Waals surface area contributed by atoms with Gasteiger partial charge in [0, 0.05) is 39.4 Å². The van der Waals surface area contributed by atoms with Crippen LogP contribution in [0.4, 0.5) is 11.4 Å². The van der Waals surface area contributed by atoms with Crippen molar-refractivity contribution < 1.29 is 9.72 Å². The number of carbonyl (C=O) groups excluding carboxylic acids is 1. The van der Waals surface area contributed by atoms with Gasteiger partial charge in [0.2, 0.25) is 0 Å². The first-order valence-corrected chi connectivity index (χ1v) is 11.6. The van der Waals surface area contributed by atoms with Gasteiger partial charge in [0.1, 0.15) is 0 Å². The van der Waals surface area contributed by atoms with Gasteiger partial charge in [0.15, 0.2) is 0 Å². The van der Waals surface area contributed by atoms with Gasteiger partial charge in [-0.2, -0.15) is 0 Å². The summed E-state index contributed by atoms with van der Waals surface area (Å²) >= 11 is 6.21. The molecule has 7 heteroatoms. The van der Waals surface area contributed by atoms with Gasteiger partial charge in [-0.05, 0) is 72.1 Å².